The molecule has 3 rings (SSSR count). The molecule has 1 unspecified atom stereocenters. The second-order valence-corrected chi connectivity index (χ2v) is 10.6. The van der Waals surface area contributed by atoms with E-state index >= 15 is 0 Å². The Labute approximate surface area is 220 Å². The van der Waals surface area contributed by atoms with E-state index in [1.54, 1.807) is 44.2 Å². The van der Waals surface area contributed by atoms with E-state index in [-0.39, 0.29) is 17.8 Å². The van der Waals surface area contributed by atoms with Crippen LogP contribution in [-0.2, 0) is 19.8 Å². The number of carbonyl (C=O) groups is 3. The molecule has 2 aromatic rings. The smallest absolute Gasteiger partial charge is 0.326 e. The Hall–Kier alpha value is -3.19. The Kier molecular flexibility index (Phi) is 9.86. The first-order valence-electron chi connectivity index (χ1n) is 13.2. The minimum Gasteiger partial charge on any atom is -0.480 e. The third kappa shape index (κ3) is 7.41. The molecule has 0 aliphatic carbocycles. The molecule has 200 valence electrons. The van der Waals surface area contributed by atoms with Crippen molar-refractivity contribution in [3.8, 4) is 5.75 Å². The van der Waals surface area contributed by atoms with Crippen LogP contribution in [0.25, 0.3) is 0 Å². The van der Waals surface area contributed by atoms with Crippen LogP contribution in [0.5, 0.6) is 5.75 Å². The number of amides is 1. The van der Waals surface area contributed by atoms with Gasteiger partial charge in [-0.25, -0.2) is 4.79 Å². The van der Waals surface area contributed by atoms with Gasteiger partial charge >= 0.3 is 11.9 Å². The van der Waals surface area contributed by atoms with Crippen molar-refractivity contribution in [2.24, 2.45) is 5.92 Å². The number of benzene rings is 2. The van der Waals surface area contributed by atoms with Crippen LogP contribution in [-0.4, -0.2) is 54.0 Å². The number of nitrogens with zero attached hydrogens (tertiary/aromatic N) is 1. The Balaban J connectivity index is 1.79. The van der Waals surface area contributed by atoms with Gasteiger partial charge in [-0.2, -0.15) is 0 Å². The molecule has 2 aromatic carbocycles. The van der Waals surface area contributed by atoms with Crippen LogP contribution in [0.1, 0.15) is 69.9 Å². The van der Waals surface area contributed by atoms with Gasteiger partial charge in [0, 0.05) is 12.0 Å². The van der Waals surface area contributed by atoms with Crippen molar-refractivity contribution in [1.82, 2.24) is 10.2 Å². The SMILES string of the molecule is CCC1(c2cccc(OC(=O)C[C@@H](C(=O)N[C@H](C(=O)O)C(C)C)c3ccccc3)c2)CCCCN(C)C1. The van der Waals surface area contributed by atoms with Crippen LogP contribution in [0.3, 0.4) is 0 Å². The molecule has 0 radical (unpaired) electrons. The van der Waals surface area contributed by atoms with Gasteiger partial charge in [-0.1, -0.05) is 69.7 Å². The number of rotatable bonds is 10. The summed E-state index contributed by atoms with van der Waals surface area (Å²) in [4.78, 5) is 40.3. The van der Waals surface area contributed by atoms with Gasteiger partial charge in [-0.05, 0) is 62.0 Å². The fourth-order valence-corrected chi connectivity index (χ4v) is 5.29. The van der Waals surface area contributed by atoms with Crippen LogP contribution >= 0.6 is 0 Å². The summed E-state index contributed by atoms with van der Waals surface area (Å²) in [5.41, 5.74) is 1.79. The summed E-state index contributed by atoms with van der Waals surface area (Å²) in [7, 11) is 2.16. The van der Waals surface area contributed by atoms with E-state index in [2.05, 4.69) is 30.3 Å². The van der Waals surface area contributed by atoms with Crippen molar-refractivity contribution in [2.75, 3.05) is 20.1 Å². The molecule has 1 heterocycles. The molecule has 37 heavy (non-hydrogen) atoms. The van der Waals surface area contributed by atoms with Gasteiger partial charge in [0.25, 0.3) is 0 Å². The number of carbonyl (C=O) groups excluding carboxylic acids is 2. The average molecular weight is 509 g/mol. The van der Waals surface area contributed by atoms with Crippen LogP contribution < -0.4 is 10.1 Å². The molecule has 1 fully saturated rings. The summed E-state index contributed by atoms with van der Waals surface area (Å²) in [6.07, 6.45) is 4.21. The number of hydrogen-bond donors (Lipinski definition) is 2. The monoisotopic (exact) mass is 508 g/mol. The Bertz CT molecular complexity index is 1070. The van der Waals surface area contributed by atoms with E-state index in [1.165, 1.54) is 6.42 Å². The second kappa shape index (κ2) is 12.9. The van der Waals surface area contributed by atoms with E-state index < -0.39 is 29.8 Å². The van der Waals surface area contributed by atoms with Crippen molar-refractivity contribution in [3.63, 3.8) is 0 Å². The van der Waals surface area contributed by atoms with Crippen molar-refractivity contribution in [2.45, 2.75) is 70.3 Å². The first kappa shape index (κ1) is 28.4. The Morgan fingerprint density at radius 2 is 1.81 bits per heavy atom. The van der Waals surface area contributed by atoms with E-state index in [4.69, 9.17) is 4.74 Å². The quantitative estimate of drug-likeness (QED) is 0.355. The molecule has 2 N–H and O–H groups in total. The van der Waals surface area contributed by atoms with Crippen molar-refractivity contribution in [3.05, 3.63) is 65.7 Å². The fraction of sp³-hybridized carbons (Fsp3) is 0.500. The van der Waals surface area contributed by atoms with Gasteiger partial charge in [0.05, 0.1) is 12.3 Å². The maximum absolute atomic E-state index is 13.2. The number of esters is 1. The number of carboxylic acid groups (broad SMARTS) is 1. The van der Waals surface area contributed by atoms with Gasteiger partial charge in [-0.15, -0.1) is 0 Å². The molecule has 1 amide bonds. The molecule has 1 aliphatic rings. The normalized spacial score (nSPS) is 20.0. The van der Waals surface area contributed by atoms with Gasteiger partial charge in [-0.3, -0.25) is 9.59 Å². The molecule has 1 aliphatic heterocycles. The minimum atomic E-state index is -1.11. The first-order chi connectivity index (χ1) is 17.6. The zero-order chi connectivity index (χ0) is 27.0. The molecule has 0 saturated carbocycles. The highest BCUT2D eigenvalue weighted by molar-refractivity contribution is 5.91. The van der Waals surface area contributed by atoms with Gasteiger partial charge < -0.3 is 20.1 Å². The molecular formula is C30H40N2O5. The van der Waals surface area contributed by atoms with E-state index in [9.17, 15) is 19.5 Å². The summed E-state index contributed by atoms with van der Waals surface area (Å²) < 4.78 is 5.75. The number of hydrogen-bond acceptors (Lipinski definition) is 5. The lowest BCUT2D eigenvalue weighted by molar-refractivity contribution is -0.143. The highest BCUT2D eigenvalue weighted by Gasteiger charge is 2.34. The molecule has 0 bridgehead atoms. The molecule has 3 atom stereocenters. The number of likely N-dealkylation sites (N-methyl/N-ethyl adjacent to an activating group) is 1. The molecule has 7 nitrogen and oxygen atoms in total. The van der Waals surface area contributed by atoms with Crippen LogP contribution in [0.4, 0.5) is 0 Å². The third-order valence-electron chi connectivity index (χ3n) is 7.49. The molecule has 1 saturated heterocycles. The zero-order valence-electron chi connectivity index (χ0n) is 22.4. The third-order valence-corrected chi connectivity index (χ3v) is 7.49. The lowest BCUT2D eigenvalue weighted by atomic mass is 9.74. The van der Waals surface area contributed by atoms with E-state index in [0.717, 1.165) is 37.9 Å². The Morgan fingerprint density at radius 1 is 1.08 bits per heavy atom. The predicted octanol–water partition coefficient (Wildman–Crippen LogP) is 4.75. The number of carboxylic acids is 1. The number of aliphatic carboxylic acids is 1. The number of ether oxygens (including phenoxy) is 1. The number of likely N-dealkylation sites (tertiary alicyclic amines) is 1. The summed E-state index contributed by atoms with van der Waals surface area (Å²) in [5, 5.41) is 12.1. The maximum Gasteiger partial charge on any atom is 0.326 e. The molecular weight excluding hydrogens is 468 g/mol. The maximum atomic E-state index is 13.2. The van der Waals surface area contributed by atoms with E-state index in [1.807, 2.05) is 18.2 Å². The van der Waals surface area contributed by atoms with Gasteiger partial charge in [0.1, 0.15) is 11.8 Å². The van der Waals surface area contributed by atoms with Gasteiger partial charge in [0.2, 0.25) is 5.91 Å². The minimum absolute atomic E-state index is 0.00280. The van der Waals surface area contributed by atoms with Crippen molar-refractivity contribution in [1.29, 1.82) is 0 Å². The summed E-state index contributed by atoms with van der Waals surface area (Å²) >= 11 is 0. The molecule has 7 heteroatoms. The first-order valence-corrected chi connectivity index (χ1v) is 13.2. The van der Waals surface area contributed by atoms with Crippen molar-refractivity contribution >= 4 is 17.8 Å². The molecule has 0 spiro atoms. The predicted molar refractivity (Wildman–Crippen MR) is 144 cm³/mol. The van der Waals surface area contributed by atoms with Crippen LogP contribution in [0, 0.1) is 5.92 Å². The van der Waals surface area contributed by atoms with Gasteiger partial charge in [0.15, 0.2) is 0 Å². The van der Waals surface area contributed by atoms with Crippen LogP contribution in [0.2, 0.25) is 0 Å². The standard InChI is InChI=1S/C30H40N2O5/c1-5-30(16-9-10-17-32(4)20-30)23-14-11-15-24(18-23)37-26(33)19-25(22-12-7-6-8-13-22)28(34)31-27(21(2)3)29(35)36/h6-8,11-15,18,21,25,27H,5,9-10,16-17,19-20H2,1-4H3,(H,31,34)(H,35,36)/t25-,27+,30?/m1/s1. The second-order valence-electron chi connectivity index (χ2n) is 10.6. The average Bonchev–Trinajstić information content (AvgIpc) is 3.07. The Morgan fingerprint density at radius 3 is 2.46 bits per heavy atom. The van der Waals surface area contributed by atoms with Crippen molar-refractivity contribution < 1.29 is 24.2 Å². The lowest BCUT2D eigenvalue weighted by Crippen LogP contribution is -2.46. The van der Waals surface area contributed by atoms with E-state index in [0.29, 0.717) is 11.3 Å². The summed E-state index contributed by atoms with van der Waals surface area (Å²) in [5.74, 6) is -2.87. The highest BCUT2D eigenvalue weighted by Crippen LogP contribution is 2.37. The summed E-state index contributed by atoms with van der Waals surface area (Å²) in [6, 6.07) is 15.6. The summed E-state index contributed by atoms with van der Waals surface area (Å²) in [6.45, 7) is 7.71. The number of nitrogens with one attached hydrogen (secondary N) is 1. The molecule has 0 aromatic heterocycles. The fourth-order valence-electron chi connectivity index (χ4n) is 5.29. The topological polar surface area (TPSA) is 95.9 Å². The lowest BCUT2D eigenvalue weighted by Gasteiger charge is -2.35. The zero-order valence-corrected chi connectivity index (χ0v) is 22.4. The largest absolute Gasteiger partial charge is 0.480 e. The highest BCUT2D eigenvalue weighted by atomic mass is 16.5. The van der Waals surface area contributed by atoms with Crippen LogP contribution in [0.15, 0.2) is 54.6 Å².